The lowest BCUT2D eigenvalue weighted by molar-refractivity contribution is -0.118. The second-order valence-electron chi connectivity index (χ2n) is 3.77. The average molecular weight is 234 g/mol. The van der Waals surface area contributed by atoms with Crippen molar-refractivity contribution in [3.8, 4) is 0 Å². The monoisotopic (exact) mass is 234 g/mol. The van der Waals surface area contributed by atoms with E-state index in [0.717, 1.165) is 11.3 Å². The molecule has 0 unspecified atom stereocenters. The Morgan fingerprint density at radius 1 is 1.41 bits per heavy atom. The maximum Gasteiger partial charge on any atom is 0.239 e. The van der Waals surface area contributed by atoms with Crippen molar-refractivity contribution in [1.82, 2.24) is 19.6 Å². The molecule has 2 rings (SSSR count). The third-order valence-electron chi connectivity index (χ3n) is 2.21. The molecule has 0 saturated carbocycles. The van der Waals surface area contributed by atoms with E-state index >= 15 is 0 Å². The van der Waals surface area contributed by atoms with E-state index in [1.807, 2.05) is 13.2 Å². The minimum Gasteiger partial charge on any atom is -0.378 e. The highest BCUT2D eigenvalue weighted by Gasteiger charge is 2.01. The zero-order chi connectivity index (χ0) is 12.3. The maximum absolute atomic E-state index is 10.7. The van der Waals surface area contributed by atoms with Crippen molar-refractivity contribution in [3.05, 3.63) is 30.4 Å². The van der Waals surface area contributed by atoms with E-state index in [9.17, 15) is 4.79 Å². The van der Waals surface area contributed by atoms with Crippen molar-refractivity contribution in [2.75, 3.05) is 5.32 Å². The summed E-state index contributed by atoms with van der Waals surface area (Å²) in [7, 11) is 1.87. The summed E-state index contributed by atoms with van der Waals surface area (Å²) in [5, 5.41) is 11.3. The van der Waals surface area contributed by atoms with Crippen molar-refractivity contribution >= 4 is 11.6 Å². The molecule has 2 heterocycles. The van der Waals surface area contributed by atoms with E-state index in [2.05, 4.69) is 15.5 Å². The standard InChI is InChI=1S/C10H14N6O/c1-15-5-8(3-13-15)2-12-9-4-14-16(6-9)7-10(11)17/h3-6,12H,2,7H2,1H3,(H2,11,17). The number of nitrogens with two attached hydrogens (primary N) is 1. The molecule has 7 nitrogen and oxygen atoms in total. The summed E-state index contributed by atoms with van der Waals surface area (Å²) >= 11 is 0. The Kier molecular flexibility index (Phi) is 3.08. The number of rotatable bonds is 5. The van der Waals surface area contributed by atoms with E-state index in [4.69, 9.17) is 5.73 Å². The Bertz CT molecular complexity index is 514. The first kappa shape index (κ1) is 11.2. The summed E-state index contributed by atoms with van der Waals surface area (Å²) < 4.78 is 3.24. The van der Waals surface area contributed by atoms with Crippen LogP contribution in [0.25, 0.3) is 0 Å². The Morgan fingerprint density at radius 2 is 2.24 bits per heavy atom. The first-order valence-corrected chi connectivity index (χ1v) is 5.15. The van der Waals surface area contributed by atoms with Gasteiger partial charge in [-0.3, -0.25) is 14.2 Å². The molecule has 0 saturated heterocycles. The molecule has 0 aliphatic carbocycles. The first-order valence-electron chi connectivity index (χ1n) is 5.15. The van der Waals surface area contributed by atoms with Gasteiger partial charge in [-0.05, 0) is 0 Å². The Morgan fingerprint density at radius 3 is 2.88 bits per heavy atom. The quantitative estimate of drug-likeness (QED) is 0.744. The molecule has 0 aliphatic rings. The van der Waals surface area contributed by atoms with Gasteiger partial charge in [-0.15, -0.1) is 0 Å². The summed E-state index contributed by atoms with van der Waals surface area (Å²) in [5.74, 6) is -0.410. The largest absolute Gasteiger partial charge is 0.378 e. The molecular formula is C10H14N6O. The van der Waals surface area contributed by atoms with Crippen LogP contribution in [-0.2, 0) is 24.9 Å². The summed E-state index contributed by atoms with van der Waals surface area (Å²) in [6.07, 6.45) is 7.11. The van der Waals surface area contributed by atoms with Crippen LogP contribution in [0.3, 0.4) is 0 Å². The molecule has 0 atom stereocenters. The number of nitrogens with zero attached hydrogens (tertiary/aromatic N) is 4. The highest BCUT2D eigenvalue weighted by molar-refractivity contribution is 5.73. The molecule has 17 heavy (non-hydrogen) atoms. The van der Waals surface area contributed by atoms with Crippen LogP contribution in [-0.4, -0.2) is 25.5 Å². The van der Waals surface area contributed by atoms with Crippen LogP contribution >= 0.6 is 0 Å². The third-order valence-corrected chi connectivity index (χ3v) is 2.21. The number of anilines is 1. The summed E-state index contributed by atoms with van der Waals surface area (Å²) in [6, 6.07) is 0. The van der Waals surface area contributed by atoms with Crippen molar-refractivity contribution in [2.45, 2.75) is 13.1 Å². The number of carbonyl (C=O) groups is 1. The molecule has 1 amide bonds. The highest BCUT2D eigenvalue weighted by Crippen LogP contribution is 2.07. The van der Waals surface area contributed by atoms with Crippen LogP contribution in [0.4, 0.5) is 5.69 Å². The topological polar surface area (TPSA) is 90.8 Å². The number of nitrogens with one attached hydrogen (secondary N) is 1. The molecule has 0 bridgehead atoms. The lowest BCUT2D eigenvalue weighted by atomic mass is 10.3. The number of aromatic nitrogens is 4. The van der Waals surface area contributed by atoms with Gasteiger partial charge >= 0.3 is 0 Å². The zero-order valence-corrected chi connectivity index (χ0v) is 9.50. The normalized spacial score (nSPS) is 10.4. The first-order chi connectivity index (χ1) is 8.13. The van der Waals surface area contributed by atoms with Crippen molar-refractivity contribution in [1.29, 1.82) is 0 Å². The molecule has 0 aliphatic heterocycles. The lowest BCUT2D eigenvalue weighted by Crippen LogP contribution is -2.18. The number of hydrogen-bond acceptors (Lipinski definition) is 4. The summed E-state index contributed by atoms with van der Waals surface area (Å²) in [5.41, 5.74) is 6.99. The predicted molar refractivity (Wildman–Crippen MR) is 62.0 cm³/mol. The van der Waals surface area contributed by atoms with Crippen LogP contribution in [0.5, 0.6) is 0 Å². The smallest absolute Gasteiger partial charge is 0.239 e. The number of carbonyl (C=O) groups excluding carboxylic acids is 1. The van der Waals surface area contributed by atoms with Crippen molar-refractivity contribution in [3.63, 3.8) is 0 Å². The Labute approximate surface area is 98.2 Å². The van der Waals surface area contributed by atoms with Crippen molar-refractivity contribution < 1.29 is 4.79 Å². The van der Waals surface area contributed by atoms with Crippen LogP contribution in [0, 0.1) is 0 Å². The molecule has 3 N–H and O–H groups in total. The van der Waals surface area contributed by atoms with E-state index in [1.165, 1.54) is 4.68 Å². The number of primary amides is 1. The molecular weight excluding hydrogens is 220 g/mol. The van der Waals surface area contributed by atoms with Gasteiger partial charge in [0.25, 0.3) is 0 Å². The molecule has 90 valence electrons. The van der Waals surface area contributed by atoms with Gasteiger partial charge in [-0.25, -0.2) is 0 Å². The van der Waals surface area contributed by atoms with Gasteiger partial charge in [-0.2, -0.15) is 10.2 Å². The van der Waals surface area contributed by atoms with Crippen LogP contribution in [0.15, 0.2) is 24.8 Å². The molecule has 0 fully saturated rings. The number of amides is 1. The predicted octanol–water partition coefficient (Wildman–Crippen LogP) is -0.286. The minimum atomic E-state index is -0.410. The summed E-state index contributed by atoms with van der Waals surface area (Å²) in [4.78, 5) is 10.7. The van der Waals surface area contributed by atoms with Gasteiger partial charge in [0.15, 0.2) is 0 Å². The van der Waals surface area contributed by atoms with Gasteiger partial charge in [-0.1, -0.05) is 0 Å². The van der Waals surface area contributed by atoms with Gasteiger partial charge < -0.3 is 11.1 Å². The van der Waals surface area contributed by atoms with Gasteiger partial charge in [0.05, 0.1) is 18.1 Å². The summed E-state index contributed by atoms with van der Waals surface area (Å²) in [6.45, 7) is 0.755. The van der Waals surface area contributed by atoms with Crippen LogP contribution in [0.1, 0.15) is 5.56 Å². The zero-order valence-electron chi connectivity index (χ0n) is 9.50. The number of hydrogen-bond donors (Lipinski definition) is 2. The molecule has 0 aromatic carbocycles. The molecule has 7 heteroatoms. The second-order valence-corrected chi connectivity index (χ2v) is 3.77. The lowest BCUT2D eigenvalue weighted by Gasteiger charge is -1.99. The van der Waals surface area contributed by atoms with E-state index in [-0.39, 0.29) is 6.54 Å². The highest BCUT2D eigenvalue weighted by atomic mass is 16.1. The third kappa shape index (κ3) is 3.07. The fourth-order valence-corrected chi connectivity index (χ4v) is 1.47. The minimum absolute atomic E-state index is 0.0918. The van der Waals surface area contributed by atoms with Gasteiger partial charge in [0.2, 0.25) is 5.91 Å². The van der Waals surface area contributed by atoms with Crippen LogP contribution in [0.2, 0.25) is 0 Å². The average Bonchev–Trinajstić information content (AvgIpc) is 2.84. The van der Waals surface area contributed by atoms with Gasteiger partial charge in [0, 0.05) is 31.5 Å². The van der Waals surface area contributed by atoms with Gasteiger partial charge in [0.1, 0.15) is 6.54 Å². The van der Waals surface area contributed by atoms with E-state index < -0.39 is 5.91 Å². The molecule has 0 radical (unpaired) electrons. The van der Waals surface area contributed by atoms with Crippen LogP contribution < -0.4 is 11.1 Å². The number of aryl methyl sites for hydroxylation is 1. The molecule has 0 spiro atoms. The fraction of sp³-hybridized carbons (Fsp3) is 0.300. The van der Waals surface area contributed by atoms with E-state index in [1.54, 1.807) is 23.3 Å². The molecule has 2 aromatic rings. The Hall–Kier alpha value is -2.31. The second kappa shape index (κ2) is 4.69. The fourth-order valence-electron chi connectivity index (χ4n) is 1.47. The molecule has 2 aromatic heterocycles. The van der Waals surface area contributed by atoms with Crippen molar-refractivity contribution in [2.24, 2.45) is 12.8 Å². The Balaban J connectivity index is 1.91. The maximum atomic E-state index is 10.7. The van der Waals surface area contributed by atoms with E-state index in [0.29, 0.717) is 6.54 Å². The SMILES string of the molecule is Cn1cc(CNc2cnn(CC(N)=O)c2)cn1.